The van der Waals surface area contributed by atoms with Crippen molar-refractivity contribution in [3.05, 3.63) is 28.8 Å². The lowest BCUT2D eigenvalue weighted by molar-refractivity contribution is 0.0523. The van der Waals surface area contributed by atoms with E-state index in [1.54, 1.807) is 6.92 Å². The summed E-state index contributed by atoms with van der Waals surface area (Å²) in [6, 6.07) is 3.91. The minimum absolute atomic E-state index is 0.190. The van der Waals surface area contributed by atoms with Crippen LogP contribution in [-0.2, 0) is 4.74 Å². The quantitative estimate of drug-likeness (QED) is 0.639. The highest BCUT2D eigenvalue weighted by Crippen LogP contribution is 2.60. The third-order valence-corrected chi connectivity index (χ3v) is 3.72. The van der Waals surface area contributed by atoms with Gasteiger partial charge < -0.3 is 14.4 Å². The Bertz CT molecular complexity index is 514. The number of carbonyl (C=O) groups is 1. The zero-order valence-electron chi connectivity index (χ0n) is 10.5. The normalized spacial score (nSPS) is 23.8. The molecular formula is C13H15BO4. The number of benzene rings is 1. The van der Waals surface area contributed by atoms with Gasteiger partial charge in [-0.3, -0.25) is 0 Å². The largest absolute Gasteiger partial charge is 0.535 e. The molecule has 1 aromatic rings. The molecule has 3 rings (SSSR count). The second kappa shape index (κ2) is 4.02. The summed E-state index contributed by atoms with van der Waals surface area (Å²) in [5.41, 5.74) is 2.30. The molecule has 94 valence electrons. The third kappa shape index (κ3) is 1.62. The van der Waals surface area contributed by atoms with Crippen LogP contribution in [0, 0.1) is 6.92 Å². The van der Waals surface area contributed by atoms with E-state index in [2.05, 4.69) is 0 Å². The first-order valence-corrected chi connectivity index (χ1v) is 6.28. The lowest BCUT2D eigenvalue weighted by Gasteiger charge is -2.22. The first-order valence-electron chi connectivity index (χ1n) is 6.28. The monoisotopic (exact) mass is 246 g/mol. The summed E-state index contributed by atoms with van der Waals surface area (Å²) in [7, 11) is -0.794. The van der Waals surface area contributed by atoms with Gasteiger partial charge in [-0.05, 0) is 37.3 Å². The van der Waals surface area contributed by atoms with Gasteiger partial charge in [0.05, 0.1) is 6.61 Å². The first-order chi connectivity index (χ1) is 8.63. The van der Waals surface area contributed by atoms with Crippen LogP contribution < -0.4 is 4.65 Å². The molecule has 0 amide bonds. The summed E-state index contributed by atoms with van der Waals surface area (Å²) in [6.45, 7) is 3.95. The predicted molar refractivity (Wildman–Crippen MR) is 66.8 cm³/mol. The standard InChI is InChI=1S/C13H15BO4/c1-3-17-13(15)11-7(2)4-5-8-9-6-10(9)14(16)18-12(8)11/h4-5,9-10,16H,3,6H2,1-2H3. The summed E-state index contributed by atoms with van der Waals surface area (Å²) in [5.74, 6) is 0.658. The molecule has 1 aromatic carbocycles. The molecule has 18 heavy (non-hydrogen) atoms. The summed E-state index contributed by atoms with van der Waals surface area (Å²) in [6.07, 6.45) is 0.930. The number of aryl methyl sites for hydroxylation is 1. The van der Waals surface area contributed by atoms with Crippen LogP contribution in [0.2, 0.25) is 5.82 Å². The highest BCUT2D eigenvalue weighted by molar-refractivity contribution is 6.48. The van der Waals surface area contributed by atoms with Gasteiger partial charge in [-0.1, -0.05) is 12.1 Å². The molecule has 2 unspecified atom stereocenters. The van der Waals surface area contributed by atoms with E-state index >= 15 is 0 Å². The molecule has 0 spiro atoms. The molecule has 1 aliphatic heterocycles. The number of hydrogen-bond donors (Lipinski definition) is 1. The van der Waals surface area contributed by atoms with E-state index in [0.29, 0.717) is 23.8 Å². The van der Waals surface area contributed by atoms with Crippen molar-refractivity contribution in [2.75, 3.05) is 6.61 Å². The Hall–Kier alpha value is -1.49. The maximum atomic E-state index is 12.0. The Labute approximate surface area is 106 Å². The lowest BCUT2D eigenvalue weighted by Crippen LogP contribution is -2.28. The zero-order valence-corrected chi connectivity index (χ0v) is 10.5. The maximum Gasteiger partial charge on any atom is 0.526 e. The minimum Gasteiger partial charge on any atom is -0.535 e. The molecule has 0 aromatic heterocycles. The van der Waals surface area contributed by atoms with Crippen LogP contribution in [0.1, 0.15) is 40.7 Å². The van der Waals surface area contributed by atoms with Crippen molar-refractivity contribution in [3.63, 3.8) is 0 Å². The summed E-state index contributed by atoms with van der Waals surface area (Å²) in [5, 5.41) is 9.82. The van der Waals surface area contributed by atoms with Gasteiger partial charge in [-0.15, -0.1) is 0 Å². The van der Waals surface area contributed by atoms with Crippen molar-refractivity contribution in [1.82, 2.24) is 0 Å². The number of ether oxygens (including phenoxy) is 1. The fraction of sp³-hybridized carbons (Fsp3) is 0.462. The van der Waals surface area contributed by atoms with Gasteiger partial charge in [0.25, 0.3) is 0 Å². The van der Waals surface area contributed by atoms with Crippen LogP contribution in [0.5, 0.6) is 5.75 Å². The van der Waals surface area contributed by atoms with Crippen LogP contribution in [-0.4, -0.2) is 24.7 Å². The Balaban J connectivity index is 2.08. The Morgan fingerprint density at radius 1 is 1.61 bits per heavy atom. The van der Waals surface area contributed by atoms with Gasteiger partial charge in [0.1, 0.15) is 11.3 Å². The molecule has 1 heterocycles. The second-order valence-electron chi connectivity index (χ2n) is 4.91. The average molecular weight is 246 g/mol. The molecule has 1 N–H and O–H groups in total. The molecule has 5 heteroatoms. The molecular weight excluding hydrogens is 231 g/mol. The fourth-order valence-electron chi connectivity index (χ4n) is 2.67. The van der Waals surface area contributed by atoms with Crippen LogP contribution in [0.15, 0.2) is 12.1 Å². The van der Waals surface area contributed by atoms with Gasteiger partial charge in [-0.2, -0.15) is 0 Å². The molecule has 4 nitrogen and oxygen atoms in total. The molecule has 1 fully saturated rings. The number of hydrogen-bond acceptors (Lipinski definition) is 4. The van der Waals surface area contributed by atoms with E-state index in [1.165, 1.54) is 0 Å². The van der Waals surface area contributed by atoms with E-state index < -0.39 is 7.12 Å². The van der Waals surface area contributed by atoms with Gasteiger partial charge in [0, 0.05) is 5.82 Å². The lowest BCUT2D eigenvalue weighted by atomic mass is 9.77. The smallest absolute Gasteiger partial charge is 0.526 e. The van der Waals surface area contributed by atoms with Gasteiger partial charge in [0.15, 0.2) is 0 Å². The van der Waals surface area contributed by atoms with E-state index in [-0.39, 0.29) is 11.8 Å². The third-order valence-electron chi connectivity index (χ3n) is 3.72. The van der Waals surface area contributed by atoms with Crippen LogP contribution >= 0.6 is 0 Å². The Morgan fingerprint density at radius 3 is 3.11 bits per heavy atom. The number of fused-ring (bicyclic) bond motifs is 3. The summed E-state index contributed by atoms with van der Waals surface area (Å²) >= 11 is 0. The van der Waals surface area contributed by atoms with Crippen molar-refractivity contribution in [3.8, 4) is 5.75 Å². The van der Waals surface area contributed by atoms with Crippen molar-refractivity contribution in [1.29, 1.82) is 0 Å². The van der Waals surface area contributed by atoms with Crippen molar-refractivity contribution in [2.24, 2.45) is 0 Å². The molecule has 1 aliphatic carbocycles. The second-order valence-corrected chi connectivity index (χ2v) is 4.91. The van der Waals surface area contributed by atoms with Crippen LogP contribution in [0.3, 0.4) is 0 Å². The fourth-order valence-corrected chi connectivity index (χ4v) is 2.67. The molecule has 0 radical (unpaired) electrons. The SMILES string of the molecule is CCOC(=O)c1c(C)ccc2c1OB(O)C1CC21. The average Bonchev–Trinajstić information content (AvgIpc) is 3.09. The maximum absolute atomic E-state index is 12.0. The van der Waals surface area contributed by atoms with Crippen molar-refractivity contribution < 1.29 is 19.2 Å². The zero-order chi connectivity index (χ0) is 12.9. The van der Waals surface area contributed by atoms with E-state index in [4.69, 9.17) is 9.39 Å². The highest BCUT2D eigenvalue weighted by Gasteiger charge is 2.54. The number of esters is 1. The first kappa shape index (κ1) is 11.6. The van der Waals surface area contributed by atoms with Gasteiger partial charge >= 0.3 is 13.1 Å². The number of rotatable bonds is 2. The Morgan fingerprint density at radius 2 is 2.39 bits per heavy atom. The predicted octanol–water partition coefficient (Wildman–Crippen LogP) is 1.90. The molecule has 0 bridgehead atoms. The van der Waals surface area contributed by atoms with Gasteiger partial charge in [-0.25, -0.2) is 4.79 Å². The van der Waals surface area contributed by atoms with E-state index in [1.807, 2.05) is 19.1 Å². The molecule has 0 saturated heterocycles. The topological polar surface area (TPSA) is 55.8 Å². The molecule has 2 atom stereocenters. The highest BCUT2D eigenvalue weighted by atomic mass is 16.5. The Kier molecular flexibility index (Phi) is 2.59. The number of carbonyl (C=O) groups excluding carboxylic acids is 1. The van der Waals surface area contributed by atoms with Crippen LogP contribution in [0.4, 0.5) is 0 Å². The van der Waals surface area contributed by atoms with E-state index in [0.717, 1.165) is 17.5 Å². The van der Waals surface area contributed by atoms with Crippen molar-refractivity contribution >= 4 is 13.1 Å². The van der Waals surface area contributed by atoms with Gasteiger partial charge in [0.2, 0.25) is 0 Å². The molecule has 2 aliphatic rings. The summed E-state index contributed by atoms with van der Waals surface area (Å²) < 4.78 is 10.6. The van der Waals surface area contributed by atoms with E-state index in [9.17, 15) is 9.82 Å². The summed E-state index contributed by atoms with van der Waals surface area (Å²) in [4.78, 5) is 12.0. The molecule has 1 saturated carbocycles. The van der Waals surface area contributed by atoms with Crippen molar-refractivity contribution in [2.45, 2.75) is 32.0 Å². The van der Waals surface area contributed by atoms with Crippen LogP contribution in [0.25, 0.3) is 0 Å². The minimum atomic E-state index is -0.794.